The van der Waals surface area contributed by atoms with Crippen molar-refractivity contribution in [1.29, 1.82) is 0 Å². The molecule has 39 heavy (non-hydrogen) atoms. The normalized spacial score (nSPS) is 12.9. The summed E-state index contributed by atoms with van der Waals surface area (Å²) in [4.78, 5) is 40.9. The van der Waals surface area contributed by atoms with Gasteiger partial charge in [-0.15, -0.1) is 10.2 Å². The van der Waals surface area contributed by atoms with Gasteiger partial charge in [-0.3, -0.25) is 19.7 Å². The predicted molar refractivity (Wildman–Crippen MR) is 132 cm³/mol. The van der Waals surface area contributed by atoms with Crippen molar-refractivity contribution >= 4 is 34.9 Å². The Morgan fingerprint density at radius 1 is 1.15 bits per heavy atom. The van der Waals surface area contributed by atoms with E-state index < -0.39 is 17.7 Å². The third kappa shape index (κ3) is 7.01. The number of aliphatic hydroxyl groups is 3. The number of nitrogens with zero attached hydrogens (tertiary/aromatic N) is 4. The van der Waals surface area contributed by atoms with Gasteiger partial charge in [-0.25, -0.2) is 0 Å². The molecule has 1 aliphatic carbocycles. The molecule has 16 nitrogen and oxygen atoms in total. The first-order valence-corrected chi connectivity index (χ1v) is 11.8. The third-order valence-corrected chi connectivity index (χ3v) is 5.37. The lowest BCUT2D eigenvalue weighted by Gasteiger charge is -2.18. The highest BCUT2D eigenvalue weighted by Crippen LogP contribution is 2.38. The molecular weight excluding hydrogens is 516 g/mol. The van der Waals surface area contributed by atoms with Crippen molar-refractivity contribution in [3.05, 3.63) is 35.8 Å². The Morgan fingerprint density at radius 2 is 1.92 bits per heavy atom. The maximum atomic E-state index is 12.6. The Labute approximate surface area is 220 Å². The fourth-order valence-corrected chi connectivity index (χ4v) is 3.51. The van der Waals surface area contributed by atoms with Crippen LogP contribution in [0.15, 0.2) is 28.8 Å². The molecule has 1 aromatic carbocycles. The number of amides is 3. The summed E-state index contributed by atoms with van der Waals surface area (Å²) < 4.78 is 10.9. The van der Waals surface area contributed by atoms with Crippen molar-refractivity contribution in [1.82, 2.24) is 31.0 Å². The van der Waals surface area contributed by atoms with Gasteiger partial charge in [0.2, 0.25) is 11.8 Å². The molecule has 3 amide bonds. The second-order valence-electron chi connectivity index (χ2n) is 8.50. The quantitative estimate of drug-likeness (QED) is 0.153. The minimum atomic E-state index is -3.52. The van der Waals surface area contributed by atoms with Gasteiger partial charge < -0.3 is 40.5 Å². The number of carbonyl (C=O) groups is 3. The van der Waals surface area contributed by atoms with Crippen LogP contribution in [0.3, 0.4) is 0 Å². The number of hydrogen-bond donors (Lipinski definition) is 7. The summed E-state index contributed by atoms with van der Waals surface area (Å²) in [6, 6.07) is 6.15. The van der Waals surface area contributed by atoms with Gasteiger partial charge in [0.25, 0.3) is 11.8 Å². The van der Waals surface area contributed by atoms with Crippen LogP contribution in [-0.4, -0.2) is 73.1 Å². The fourth-order valence-electron chi connectivity index (χ4n) is 3.51. The van der Waals surface area contributed by atoms with Crippen LogP contribution in [-0.2, 0) is 16.0 Å². The standard InChI is InChI=1S/C23H26N8O8/c1-3-24-17(32)10-16-27-22(39-31-16)12-5-4-6-13(19(12)38-2)25-14-9-15(26-20(33)11-7-8-11)29-30-18(14)21(34)28-23(35,36)37/h4-6,9,11,35-37H,3,7-8,10H2,1-2H3,(H,24,32)(H,28,34)(H2,25,26,29,33). The number of benzene rings is 1. The summed E-state index contributed by atoms with van der Waals surface area (Å²) in [5, 5.41) is 48.7. The highest BCUT2D eigenvalue weighted by atomic mass is 16.7. The molecule has 0 aliphatic heterocycles. The lowest BCUT2D eigenvalue weighted by atomic mass is 10.1. The first-order chi connectivity index (χ1) is 18.6. The Bertz CT molecular complexity index is 1380. The van der Waals surface area contributed by atoms with Gasteiger partial charge in [-0.05, 0) is 31.9 Å². The van der Waals surface area contributed by atoms with Crippen LogP contribution in [0.2, 0.25) is 0 Å². The lowest BCUT2D eigenvalue weighted by molar-refractivity contribution is -0.323. The number of nitrogens with one attached hydrogen (secondary N) is 4. The number of likely N-dealkylation sites (N-methyl/N-ethyl adjacent to an activating group) is 1. The van der Waals surface area contributed by atoms with Crippen molar-refractivity contribution in [2.45, 2.75) is 32.3 Å². The van der Waals surface area contributed by atoms with Crippen molar-refractivity contribution in [3.8, 4) is 17.2 Å². The van der Waals surface area contributed by atoms with Crippen molar-refractivity contribution in [2.24, 2.45) is 5.92 Å². The second-order valence-corrected chi connectivity index (χ2v) is 8.50. The topological polar surface area (TPSA) is 234 Å². The highest BCUT2D eigenvalue weighted by molar-refractivity contribution is 6.00. The van der Waals surface area contributed by atoms with E-state index in [9.17, 15) is 29.7 Å². The average molecular weight is 543 g/mol. The molecule has 0 bridgehead atoms. The first-order valence-electron chi connectivity index (χ1n) is 11.8. The van der Waals surface area contributed by atoms with E-state index in [-0.39, 0.29) is 58.8 Å². The van der Waals surface area contributed by atoms with Gasteiger partial charge in [0, 0.05) is 18.5 Å². The van der Waals surface area contributed by atoms with E-state index in [1.807, 2.05) is 0 Å². The molecule has 0 unspecified atom stereocenters. The highest BCUT2D eigenvalue weighted by Gasteiger charge is 2.31. The van der Waals surface area contributed by atoms with E-state index in [1.165, 1.54) is 13.2 Å². The van der Waals surface area contributed by atoms with Gasteiger partial charge in [0.1, 0.15) is 0 Å². The molecule has 0 spiro atoms. The van der Waals surface area contributed by atoms with Crippen molar-refractivity contribution in [3.63, 3.8) is 0 Å². The SMILES string of the molecule is CCNC(=O)Cc1noc(-c2cccc(Nc3cc(NC(=O)C4CC4)nnc3C(=O)NC(O)(O)O)c2OC)n1. The maximum absolute atomic E-state index is 12.6. The summed E-state index contributed by atoms with van der Waals surface area (Å²) in [6.45, 7) is 2.24. The zero-order valence-electron chi connectivity index (χ0n) is 20.9. The van der Waals surface area contributed by atoms with Crippen LogP contribution in [0, 0.1) is 5.92 Å². The smallest absolute Gasteiger partial charge is 0.369 e. The van der Waals surface area contributed by atoms with Crippen molar-refractivity contribution in [2.75, 3.05) is 24.3 Å². The molecule has 1 fully saturated rings. The minimum Gasteiger partial charge on any atom is -0.494 e. The number of carbonyl (C=O) groups excluding carboxylic acids is 3. The number of rotatable bonds is 11. The van der Waals surface area contributed by atoms with Gasteiger partial charge in [0.05, 0.1) is 30.5 Å². The molecule has 7 N–H and O–H groups in total. The lowest BCUT2D eigenvalue weighted by Crippen LogP contribution is -2.48. The predicted octanol–water partition coefficient (Wildman–Crippen LogP) is -0.376. The molecule has 0 radical (unpaired) electrons. The molecule has 206 valence electrons. The molecule has 0 saturated heterocycles. The molecule has 0 atom stereocenters. The summed E-state index contributed by atoms with van der Waals surface area (Å²) in [5.74, 6) is -1.41. The Kier molecular flexibility index (Phi) is 7.99. The van der Waals surface area contributed by atoms with Gasteiger partial charge in [-0.1, -0.05) is 11.2 Å². The Balaban J connectivity index is 1.67. The molecule has 16 heteroatoms. The minimum absolute atomic E-state index is 0.0243. The number of para-hydroxylation sites is 1. The van der Waals surface area contributed by atoms with E-state index >= 15 is 0 Å². The zero-order valence-corrected chi connectivity index (χ0v) is 20.9. The Hall–Kier alpha value is -4.67. The van der Waals surface area contributed by atoms with Gasteiger partial charge >= 0.3 is 6.10 Å². The van der Waals surface area contributed by atoms with Crippen LogP contribution < -0.4 is 26.0 Å². The van der Waals surface area contributed by atoms with E-state index in [0.29, 0.717) is 12.1 Å². The van der Waals surface area contributed by atoms with E-state index in [1.54, 1.807) is 30.4 Å². The molecular formula is C23H26N8O8. The number of hydrogen-bond acceptors (Lipinski definition) is 13. The van der Waals surface area contributed by atoms with E-state index in [2.05, 4.69) is 36.3 Å². The summed E-state index contributed by atoms with van der Waals surface area (Å²) in [7, 11) is 1.38. The van der Waals surface area contributed by atoms with Gasteiger partial charge in [0.15, 0.2) is 23.1 Å². The maximum Gasteiger partial charge on any atom is 0.369 e. The number of anilines is 3. The average Bonchev–Trinajstić information content (AvgIpc) is 3.62. The van der Waals surface area contributed by atoms with Gasteiger partial charge in [-0.2, -0.15) is 4.98 Å². The third-order valence-electron chi connectivity index (χ3n) is 5.37. The number of aromatic nitrogens is 4. The summed E-state index contributed by atoms with van der Waals surface area (Å²) in [6.07, 6.45) is -2.10. The molecule has 2 aromatic heterocycles. The fraction of sp³-hybridized carbons (Fsp3) is 0.348. The van der Waals surface area contributed by atoms with Crippen LogP contribution in [0.1, 0.15) is 36.1 Å². The molecule has 2 heterocycles. The Morgan fingerprint density at radius 3 is 2.59 bits per heavy atom. The van der Waals surface area contributed by atoms with E-state index in [4.69, 9.17) is 9.26 Å². The van der Waals surface area contributed by atoms with Crippen LogP contribution in [0.5, 0.6) is 5.75 Å². The first kappa shape index (κ1) is 27.4. The zero-order chi connectivity index (χ0) is 28.2. The molecule has 1 saturated carbocycles. The molecule has 1 aliphatic rings. The van der Waals surface area contributed by atoms with Crippen LogP contribution in [0.25, 0.3) is 11.5 Å². The summed E-state index contributed by atoms with van der Waals surface area (Å²) in [5.41, 5.74) is 0.155. The molecule has 4 rings (SSSR count). The van der Waals surface area contributed by atoms with Crippen LogP contribution in [0.4, 0.5) is 17.2 Å². The number of methoxy groups -OCH3 is 1. The number of ether oxygens (including phenoxy) is 1. The largest absolute Gasteiger partial charge is 0.494 e. The van der Waals surface area contributed by atoms with Crippen LogP contribution >= 0.6 is 0 Å². The second kappa shape index (κ2) is 11.4. The monoisotopic (exact) mass is 542 g/mol. The molecule has 3 aromatic rings. The summed E-state index contributed by atoms with van der Waals surface area (Å²) >= 11 is 0. The van der Waals surface area contributed by atoms with Crippen molar-refractivity contribution < 1.29 is 39.0 Å². The van der Waals surface area contributed by atoms with E-state index in [0.717, 1.165) is 12.8 Å².